The predicted octanol–water partition coefficient (Wildman–Crippen LogP) is 3.25. The van der Waals surface area contributed by atoms with Crippen molar-refractivity contribution in [1.29, 1.82) is 0 Å². The van der Waals surface area contributed by atoms with Crippen molar-refractivity contribution >= 4 is 17.6 Å². The van der Waals surface area contributed by atoms with Crippen molar-refractivity contribution in [3.63, 3.8) is 0 Å². The van der Waals surface area contributed by atoms with Gasteiger partial charge in [0.2, 0.25) is 0 Å². The van der Waals surface area contributed by atoms with Crippen LogP contribution < -0.4 is 11.1 Å². The van der Waals surface area contributed by atoms with E-state index < -0.39 is 0 Å². The van der Waals surface area contributed by atoms with Gasteiger partial charge in [0.15, 0.2) is 0 Å². The van der Waals surface area contributed by atoms with Gasteiger partial charge in [0.05, 0.1) is 0 Å². The van der Waals surface area contributed by atoms with E-state index in [2.05, 4.69) is 35.1 Å². The van der Waals surface area contributed by atoms with E-state index in [-0.39, 0.29) is 0 Å². The lowest BCUT2D eigenvalue weighted by atomic mass is 10.1. The summed E-state index contributed by atoms with van der Waals surface area (Å²) in [6.45, 7) is 3.31. The maximum absolute atomic E-state index is 5.77. The lowest BCUT2D eigenvalue weighted by molar-refractivity contribution is 0.549. The quantitative estimate of drug-likeness (QED) is 0.772. The second-order valence-corrected chi connectivity index (χ2v) is 7.02. The summed E-state index contributed by atoms with van der Waals surface area (Å²) < 4.78 is 0. The van der Waals surface area contributed by atoms with Crippen LogP contribution in [-0.4, -0.2) is 28.6 Å². The van der Waals surface area contributed by atoms with Crippen LogP contribution in [0, 0.1) is 0 Å². The highest BCUT2D eigenvalue weighted by atomic mass is 32.2. The van der Waals surface area contributed by atoms with Gasteiger partial charge in [-0.3, -0.25) is 0 Å². The standard InChI is InChI=1S/C16H27N3S/c1-2-8-18-14(12-20-15-5-3-4-6-15)10-13-7-9-19-16(17)11-13/h7,9,11,14-15,18H,2-6,8,10,12H2,1H3,(H2,17,19). The number of anilines is 1. The number of thioether (sulfide) groups is 1. The fourth-order valence-electron chi connectivity index (χ4n) is 2.75. The Balaban J connectivity index is 1.85. The number of rotatable bonds is 8. The first-order valence-electron chi connectivity index (χ1n) is 7.83. The molecule has 1 aliphatic carbocycles. The van der Waals surface area contributed by atoms with Crippen LogP contribution in [0.15, 0.2) is 18.3 Å². The molecule has 3 N–H and O–H groups in total. The summed E-state index contributed by atoms with van der Waals surface area (Å²) in [4.78, 5) is 4.07. The van der Waals surface area contributed by atoms with Gasteiger partial charge in [0.25, 0.3) is 0 Å². The smallest absolute Gasteiger partial charge is 0.123 e. The van der Waals surface area contributed by atoms with Crippen molar-refractivity contribution in [2.75, 3.05) is 18.0 Å². The summed E-state index contributed by atoms with van der Waals surface area (Å²) in [7, 11) is 0. The Hall–Kier alpha value is -0.740. The Morgan fingerprint density at radius 2 is 2.25 bits per heavy atom. The van der Waals surface area contributed by atoms with E-state index in [1.807, 2.05) is 12.3 Å². The van der Waals surface area contributed by atoms with Gasteiger partial charge in [0.1, 0.15) is 5.82 Å². The molecule has 1 heterocycles. The van der Waals surface area contributed by atoms with Crippen LogP contribution in [-0.2, 0) is 6.42 Å². The molecule has 1 aromatic rings. The van der Waals surface area contributed by atoms with Crippen LogP contribution >= 0.6 is 11.8 Å². The molecule has 0 aromatic carbocycles. The van der Waals surface area contributed by atoms with E-state index in [1.165, 1.54) is 43.4 Å². The molecule has 0 spiro atoms. The minimum atomic E-state index is 0.544. The third-order valence-electron chi connectivity index (χ3n) is 3.85. The Morgan fingerprint density at radius 1 is 1.45 bits per heavy atom. The highest BCUT2D eigenvalue weighted by Gasteiger charge is 2.18. The van der Waals surface area contributed by atoms with Crippen molar-refractivity contribution in [3.05, 3.63) is 23.9 Å². The van der Waals surface area contributed by atoms with Crippen LogP contribution in [0.4, 0.5) is 5.82 Å². The molecular formula is C16H27N3S. The highest BCUT2D eigenvalue weighted by molar-refractivity contribution is 7.99. The monoisotopic (exact) mass is 293 g/mol. The van der Waals surface area contributed by atoms with Gasteiger partial charge in [0, 0.05) is 23.2 Å². The molecule has 3 nitrogen and oxygen atoms in total. The van der Waals surface area contributed by atoms with Crippen molar-refractivity contribution in [2.24, 2.45) is 0 Å². The first-order chi connectivity index (χ1) is 9.78. The third kappa shape index (κ3) is 5.33. The Kier molecular flexibility index (Phi) is 6.67. The first-order valence-corrected chi connectivity index (χ1v) is 8.88. The second kappa shape index (κ2) is 8.53. The van der Waals surface area contributed by atoms with Gasteiger partial charge in [-0.15, -0.1) is 0 Å². The zero-order valence-electron chi connectivity index (χ0n) is 12.5. The summed E-state index contributed by atoms with van der Waals surface area (Å²) in [5, 5.41) is 4.57. The van der Waals surface area contributed by atoms with Crippen LogP contribution in [0.5, 0.6) is 0 Å². The van der Waals surface area contributed by atoms with Crippen molar-refractivity contribution in [1.82, 2.24) is 10.3 Å². The maximum Gasteiger partial charge on any atom is 0.123 e. The molecule has 1 unspecified atom stereocenters. The highest BCUT2D eigenvalue weighted by Crippen LogP contribution is 2.30. The summed E-state index contributed by atoms with van der Waals surface area (Å²) in [5.41, 5.74) is 7.06. The van der Waals surface area contributed by atoms with Gasteiger partial charge >= 0.3 is 0 Å². The van der Waals surface area contributed by atoms with Crippen LogP contribution in [0.2, 0.25) is 0 Å². The van der Waals surface area contributed by atoms with E-state index in [0.717, 1.165) is 18.2 Å². The van der Waals surface area contributed by atoms with Crippen LogP contribution in [0.1, 0.15) is 44.6 Å². The molecule has 0 bridgehead atoms. The molecule has 4 heteroatoms. The zero-order chi connectivity index (χ0) is 14.2. The molecule has 1 aromatic heterocycles. The van der Waals surface area contributed by atoms with E-state index in [0.29, 0.717) is 11.9 Å². The van der Waals surface area contributed by atoms with Crippen LogP contribution in [0.25, 0.3) is 0 Å². The summed E-state index contributed by atoms with van der Waals surface area (Å²) in [6.07, 6.45) is 9.71. The molecular weight excluding hydrogens is 266 g/mol. The molecule has 2 rings (SSSR count). The average molecular weight is 293 g/mol. The SMILES string of the molecule is CCCNC(CSC1CCCC1)Cc1ccnc(N)c1. The number of hydrogen-bond donors (Lipinski definition) is 2. The first kappa shape index (κ1) is 15.6. The Morgan fingerprint density at radius 3 is 2.95 bits per heavy atom. The van der Waals surface area contributed by atoms with Gasteiger partial charge in [-0.25, -0.2) is 4.98 Å². The van der Waals surface area contributed by atoms with Gasteiger partial charge < -0.3 is 11.1 Å². The molecule has 0 saturated heterocycles. The number of nitrogen functional groups attached to an aromatic ring is 1. The lowest BCUT2D eigenvalue weighted by Gasteiger charge is -2.20. The number of nitrogens with zero attached hydrogens (tertiary/aromatic N) is 1. The van der Waals surface area contributed by atoms with E-state index >= 15 is 0 Å². The van der Waals surface area contributed by atoms with Crippen LogP contribution in [0.3, 0.4) is 0 Å². The molecule has 0 amide bonds. The molecule has 112 valence electrons. The normalized spacial score (nSPS) is 17.4. The Bertz CT molecular complexity index is 391. The summed E-state index contributed by atoms with van der Waals surface area (Å²) in [5.74, 6) is 1.83. The zero-order valence-corrected chi connectivity index (χ0v) is 13.3. The van der Waals surface area contributed by atoms with Crippen molar-refractivity contribution in [2.45, 2.75) is 56.7 Å². The molecule has 1 fully saturated rings. The molecule has 0 radical (unpaired) electrons. The number of hydrogen-bond acceptors (Lipinski definition) is 4. The third-order valence-corrected chi connectivity index (χ3v) is 5.38. The number of nitrogens with two attached hydrogens (primary N) is 1. The van der Waals surface area contributed by atoms with Crippen molar-refractivity contribution < 1.29 is 0 Å². The number of aromatic nitrogens is 1. The van der Waals surface area contributed by atoms with Gasteiger partial charge in [-0.1, -0.05) is 19.8 Å². The van der Waals surface area contributed by atoms with Gasteiger partial charge in [-0.2, -0.15) is 11.8 Å². The van der Waals surface area contributed by atoms with Crippen molar-refractivity contribution in [3.8, 4) is 0 Å². The fourth-order valence-corrected chi connectivity index (χ4v) is 4.16. The molecule has 20 heavy (non-hydrogen) atoms. The lowest BCUT2D eigenvalue weighted by Crippen LogP contribution is -2.34. The minimum absolute atomic E-state index is 0.544. The summed E-state index contributed by atoms with van der Waals surface area (Å²) >= 11 is 2.16. The number of pyridine rings is 1. The average Bonchev–Trinajstić information content (AvgIpc) is 2.95. The fraction of sp³-hybridized carbons (Fsp3) is 0.688. The molecule has 1 saturated carbocycles. The molecule has 1 aliphatic rings. The molecule has 0 aliphatic heterocycles. The minimum Gasteiger partial charge on any atom is -0.384 e. The van der Waals surface area contributed by atoms with Gasteiger partial charge in [-0.05, 0) is 49.9 Å². The van der Waals surface area contributed by atoms with E-state index in [4.69, 9.17) is 5.73 Å². The second-order valence-electron chi connectivity index (χ2n) is 5.68. The summed E-state index contributed by atoms with van der Waals surface area (Å²) in [6, 6.07) is 4.63. The topological polar surface area (TPSA) is 50.9 Å². The Labute approximate surface area is 127 Å². The number of nitrogens with one attached hydrogen (secondary N) is 1. The molecule has 1 atom stereocenters. The maximum atomic E-state index is 5.77. The predicted molar refractivity (Wildman–Crippen MR) is 89.1 cm³/mol. The van der Waals surface area contributed by atoms with E-state index in [9.17, 15) is 0 Å². The largest absolute Gasteiger partial charge is 0.384 e. The van der Waals surface area contributed by atoms with E-state index in [1.54, 1.807) is 0 Å².